The van der Waals surface area contributed by atoms with Gasteiger partial charge in [-0.25, -0.2) is 4.98 Å². The van der Waals surface area contributed by atoms with Gasteiger partial charge in [-0.15, -0.1) is 0 Å². The van der Waals surface area contributed by atoms with Gasteiger partial charge in [0.1, 0.15) is 5.82 Å². The Morgan fingerprint density at radius 1 is 1.07 bits per heavy atom. The molecular weight excluding hydrogens is 348 g/mol. The number of hydrogen-bond donors (Lipinski definition) is 2. The van der Waals surface area contributed by atoms with Gasteiger partial charge in [-0.1, -0.05) is 37.3 Å². The van der Waals surface area contributed by atoms with E-state index in [9.17, 15) is 4.79 Å². The molecule has 1 aliphatic rings. The molecule has 142 valence electrons. The molecule has 1 unspecified atom stereocenters. The third-order valence-corrected chi connectivity index (χ3v) is 5.28. The van der Waals surface area contributed by atoms with Crippen LogP contribution in [0.15, 0.2) is 54.6 Å². The normalized spacial score (nSPS) is 15.1. The van der Waals surface area contributed by atoms with Crippen molar-refractivity contribution in [3.8, 4) is 0 Å². The number of carbonyl (C=O) groups is 1. The van der Waals surface area contributed by atoms with Crippen molar-refractivity contribution in [2.45, 2.75) is 32.1 Å². The zero-order valence-electron chi connectivity index (χ0n) is 16.2. The van der Waals surface area contributed by atoms with Crippen molar-refractivity contribution in [1.29, 1.82) is 0 Å². The van der Waals surface area contributed by atoms with Crippen LogP contribution in [0.25, 0.3) is 0 Å². The maximum atomic E-state index is 11.8. The maximum absolute atomic E-state index is 11.8. The summed E-state index contributed by atoms with van der Waals surface area (Å²) in [7, 11) is 1.90. The first-order valence-electron chi connectivity index (χ1n) is 9.73. The second kappa shape index (κ2) is 7.80. The molecule has 5 nitrogen and oxygen atoms in total. The molecule has 3 aromatic rings. The topological polar surface area (TPSA) is 66.9 Å². The molecule has 0 aliphatic heterocycles. The molecule has 2 aromatic carbocycles. The highest BCUT2D eigenvalue weighted by atomic mass is 16.1. The van der Waals surface area contributed by atoms with E-state index < -0.39 is 0 Å². The fourth-order valence-corrected chi connectivity index (χ4v) is 3.81. The van der Waals surface area contributed by atoms with E-state index in [1.54, 1.807) is 0 Å². The van der Waals surface area contributed by atoms with E-state index in [4.69, 9.17) is 4.98 Å². The third-order valence-electron chi connectivity index (χ3n) is 5.28. The molecule has 2 N–H and O–H groups in total. The highest BCUT2D eigenvalue weighted by Crippen LogP contribution is 2.40. The van der Waals surface area contributed by atoms with Gasteiger partial charge in [-0.2, -0.15) is 4.98 Å². The fourth-order valence-electron chi connectivity index (χ4n) is 3.81. The van der Waals surface area contributed by atoms with Crippen molar-refractivity contribution < 1.29 is 4.79 Å². The smallest absolute Gasteiger partial charge is 0.229 e. The van der Waals surface area contributed by atoms with Gasteiger partial charge in [0.25, 0.3) is 0 Å². The molecule has 28 heavy (non-hydrogen) atoms. The first-order chi connectivity index (χ1) is 13.7. The molecule has 5 heteroatoms. The van der Waals surface area contributed by atoms with Gasteiger partial charge in [-0.3, -0.25) is 4.79 Å². The molecule has 1 aliphatic carbocycles. The Balaban J connectivity index is 1.65. The molecule has 0 saturated carbocycles. The van der Waals surface area contributed by atoms with Crippen LogP contribution in [0, 0.1) is 0 Å². The molecule has 1 heterocycles. The van der Waals surface area contributed by atoms with E-state index in [2.05, 4.69) is 39.9 Å². The number of carbonyl (C=O) groups excluding carboxylic acids is 1. The van der Waals surface area contributed by atoms with E-state index in [0.717, 1.165) is 35.6 Å². The first kappa shape index (κ1) is 18.2. The Hall–Kier alpha value is -3.21. The lowest BCUT2D eigenvalue weighted by atomic mass is 9.97. The summed E-state index contributed by atoms with van der Waals surface area (Å²) in [6.07, 6.45) is 2.52. The molecule has 1 atom stereocenters. The van der Waals surface area contributed by atoms with Crippen LogP contribution in [-0.4, -0.2) is 22.8 Å². The van der Waals surface area contributed by atoms with Gasteiger partial charge in [-0.05, 0) is 42.7 Å². The van der Waals surface area contributed by atoms with Crippen LogP contribution < -0.4 is 10.6 Å². The minimum absolute atomic E-state index is 0.142. The average Bonchev–Trinajstić information content (AvgIpc) is 3.17. The zero-order valence-corrected chi connectivity index (χ0v) is 16.2. The number of nitrogens with zero attached hydrogens (tertiary/aromatic N) is 2. The standard InChI is InChI=1S/C23H24N4O/c1-3-20(28)16-9-11-17(12-10-16)25-23-26-21-18(15-7-5-4-6-8-15)13-14-19(21)22(24-2)27-23/h4-12,18H,3,13-14H2,1-2H3,(H2,24,25,26,27). The summed E-state index contributed by atoms with van der Waals surface area (Å²) < 4.78 is 0. The second-order valence-electron chi connectivity index (χ2n) is 6.99. The predicted octanol–water partition coefficient (Wildman–Crippen LogP) is 4.93. The largest absolute Gasteiger partial charge is 0.373 e. The van der Waals surface area contributed by atoms with E-state index in [-0.39, 0.29) is 11.7 Å². The molecule has 0 saturated heterocycles. The monoisotopic (exact) mass is 372 g/mol. The Kier molecular flexibility index (Phi) is 5.06. The highest BCUT2D eigenvalue weighted by Gasteiger charge is 2.29. The van der Waals surface area contributed by atoms with Gasteiger partial charge in [0, 0.05) is 36.2 Å². The summed E-state index contributed by atoms with van der Waals surface area (Å²) in [5, 5.41) is 6.51. The van der Waals surface area contributed by atoms with Gasteiger partial charge >= 0.3 is 0 Å². The summed E-state index contributed by atoms with van der Waals surface area (Å²) in [6.45, 7) is 1.87. The van der Waals surface area contributed by atoms with Crippen molar-refractivity contribution in [2.75, 3.05) is 17.7 Å². The molecule has 4 rings (SSSR count). The number of rotatable bonds is 6. The van der Waals surface area contributed by atoms with Gasteiger partial charge in [0.2, 0.25) is 5.95 Å². The number of aromatic nitrogens is 2. The Morgan fingerprint density at radius 2 is 1.82 bits per heavy atom. The number of hydrogen-bond acceptors (Lipinski definition) is 5. The quantitative estimate of drug-likeness (QED) is 0.600. The lowest BCUT2D eigenvalue weighted by molar-refractivity contribution is 0.0988. The van der Waals surface area contributed by atoms with Gasteiger partial charge < -0.3 is 10.6 Å². The summed E-state index contributed by atoms with van der Waals surface area (Å²) >= 11 is 0. The molecule has 0 radical (unpaired) electrons. The summed E-state index contributed by atoms with van der Waals surface area (Å²) in [6, 6.07) is 18.0. The van der Waals surface area contributed by atoms with E-state index in [1.807, 2.05) is 44.3 Å². The number of benzene rings is 2. The first-order valence-corrected chi connectivity index (χ1v) is 9.73. The lowest BCUT2D eigenvalue weighted by Crippen LogP contribution is -2.08. The maximum Gasteiger partial charge on any atom is 0.229 e. The zero-order chi connectivity index (χ0) is 19.5. The van der Waals surface area contributed by atoms with Crippen LogP contribution >= 0.6 is 0 Å². The summed E-state index contributed by atoms with van der Waals surface area (Å²) in [5.74, 6) is 1.88. The Morgan fingerprint density at radius 3 is 2.50 bits per heavy atom. The van der Waals surface area contributed by atoms with E-state index in [1.165, 1.54) is 11.1 Å². The fraction of sp³-hybridized carbons (Fsp3) is 0.261. The number of fused-ring (bicyclic) bond motifs is 1. The van der Waals surface area contributed by atoms with Crippen molar-refractivity contribution in [1.82, 2.24) is 9.97 Å². The van der Waals surface area contributed by atoms with Crippen LogP contribution in [0.4, 0.5) is 17.5 Å². The van der Waals surface area contributed by atoms with Crippen molar-refractivity contribution in [2.24, 2.45) is 0 Å². The summed E-state index contributed by atoms with van der Waals surface area (Å²) in [5.41, 5.74) is 5.17. The van der Waals surface area contributed by atoms with E-state index >= 15 is 0 Å². The molecular formula is C23H24N4O. The van der Waals surface area contributed by atoms with Gasteiger partial charge in [0.15, 0.2) is 5.78 Å². The number of anilines is 3. The Bertz CT molecular complexity index is 983. The Labute approximate surface area is 165 Å². The van der Waals surface area contributed by atoms with Gasteiger partial charge in [0.05, 0.1) is 5.69 Å². The van der Waals surface area contributed by atoms with E-state index in [0.29, 0.717) is 12.4 Å². The van der Waals surface area contributed by atoms with Crippen LogP contribution in [0.2, 0.25) is 0 Å². The molecule has 0 fully saturated rings. The van der Waals surface area contributed by atoms with Crippen LogP contribution in [0.1, 0.15) is 52.9 Å². The minimum Gasteiger partial charge on any atom is -0.373 e. The SMILES string of the molecule is CCC(=O)c1ccc(Nc2nc(NC)c3c(n2)C(c2ccccc2)CC3)cc1. The predicted molar refractivity (Wildman–Crippen MR) is 113 cm³/mol. The lowest BCUT2D eigenvalue weighted by Gasteiger charge is -2.15. The number of Topliss-reactive ketones (excluding diaryl/α,β-unsaturated/α-hetero) is 1. The van der Waals surface area contributed by atoms with Crippen LogP contribution in [-0.2, 0) is 6.42 Å². The summed E-state index contributed by atoms with van der Waals surface area (Å²) in [4.78, 5) is 21.3. The number of nitrogens with one attached hydrogen (secondary N) is 2. The molecule has 0 spiro atoms. The minimum atomic E-state index is 0.142. The van der Waals surface area contributed by atoms with Crippen LogP contribution in [0.3, 0.4) is 0 Å². The van der Waals surface area contributed by atoms with Crippen molar-refractivity contribution >= 4 is 23.2 Å². The van der Waals surface area contributed by atoms with Crippen molar-refractivity contribution in [3.63, 3.8) is 0 Å². The van der Waals surface area contributed by atoms with Crippen LogP contribution in [0.5, 0.6) is 0 Å². The average molecular weight is 372 g/mol. The molecule has 0 bridgehead atoms. The third kappa shape index (κ3) is 3.48. The highest BCUT2D eigenvalue weighted by molar-refractivity contribution is 5.96. The second-order valence-corrected chi connectivity index (χ2v) is 6.99. The molecule has 0 amide bonds. The number of ketones is 1. The van der Waals surface area contributed by atoms with Crippen molar-refractivity contribution in [3.05, 3.63) is 77.0 Å². The molecule has 1 aromatic heterocycles.